The highest BCUT2D eigenvalue weighted by Crippen LogP contribution is 2.52. The van der Waals surface area contributed by atoms with Crippen LogP contribution in [0.1, 0.15) is 41.3 Å². The Morgan fingerprint density at radius 2 is 1.41 bits per heavy atom. The van der Waals surface area contributed by atoms with Crippen LogP contribution in [0.5, 0.6) is 0 Å². The number of carbonyl (C=O) groups excluding carboxylic acids is 1. The van der Waals surface area contributed by atoms with E-state index in [-0.39, 0.29) is 17.2 Å². The first kappa shape index (κ1) is 18.0. The summed E-state index contributed by atoms with van der Waals surface area (Å²) >= 11 is 3.41. The molecule has 3 heteroatoms. The third-order valence-corrected chi connectivity index (χ3v) is 5.95. The van der Waals surface area contributed by atoms with Crippen LogP contribution in [0.25, 0.3) is 11.1 Å². The van der Waals surface area contributed by atoms with E-state index >= 15 is 0 Å². The molecule has 0 unspecified atom stereocenters. The zero-order chi connectivity index (χ0) is 19.0. The van der Waals surface area contributed by atoms with Gasteiger partial charge in [0.25, 0.3) is 5.91 Å². The predicted molar refractivity (Wildman–Crippen MR) is 114 cm³/mol. The van der Waals surface area contributed by atoms with Gasteiger partial charge in [0, 0.05) is 22.5 Å². The third kappa shape index (κ3) is 3.32. The average Bonchev–Trinajstić information content (AvgIpc) is 3.02. The van der Waals surface area contributed by atoms with Crippen LogP contribution < -0.4 is 5.32 Å². The molecule has 0 bridgehead atoms. The van der Waals surface area contributed by atoms with Crippen molar-refractivity contribution in [2.24, 2.45) is 5.41 Å². The Morgan fingerprint density at radius 3 is 1.96 bits per heavy atom. The van der Waals surface area contributed by atoms with Crippen molar-refractivity contribution in [2.75, 3.05) is 6.54 Å². The molecule has 0 radical (unpaired) electrons. The second-order valence-electron chi connectivity index (χ2n) is 7.79. The number of rotatable bonds is 4. The minimum absolute atomic E-state index is 0.0323. The fourth-order valence-corrected chi connectivity index (χ4v) is 4.38. The van der Waals surface area contributed by atoms with Crippen LogP contribution in [0.3, 0.4) is 0 Å². The van der Waals surface area contributed by atoms with Crippen LogP contribution in [0.15, 0.2) is 77.3 Å². The largest absolute Gasteiger partial charge is 0.351 e. The molecule has 0 fully saturated rings. The summed E-state index contributed by atoms with van der Waals surface area (Å²) in [7, 11) is 0. The van der Waals surface area contributed by atoms with Crippen molar-refractivity contribution in [2.45, 2.75) is 19.8 Å². The highest BCUT2D eigenvalue weighted by Gasteiger charge is 2.39. The molecule has 4 rings (SSSR count). The molecule has 0 spiro atoms. The smallest absolute Gasteiger partial charge is 0.251 e. The second-order valence-corrected chi connectivity index (χ2v) is 8.70. The summed E-state index contributed by atoms with van der Waals surface area (Å²) in [4.78, 5) is 12.6. The van der Waals surface area contributed by atoms with Crippen molar-refractivity contribution in [3.8, 4) is 11.1 Å². The van der Waals surface area contributed by atoms with Crippen LogP contribution in [-0.2, 0) is 0 Å². The van der Waals surface area contributed by atoms with E-state index in [1.54, 1.807) is 0 Å². The van der Waals surface area contributed by atoms with Crippen LogP contribution in [0, 0.1) is 5.41 Å². The fraction of sp³-hybridized carbons (Fsp3) is 0.208. The molecule has 1 N–H and O–H groups in total. The Labute approximate surface area is 168 Å². The van der Waals surface area contributed by atoms with Gasteiger partial charge in [-0.3, -0.25) is 4.79 Å². The summed E-state index contributed by atoms with van der Waals surface area (Å²) in [5, 5.41) is 3.14. The molecule has 0 saturated carbocycles. The van der Waals surface area contributed by atoms with Gasteiger partial charge in [-0.25, -0.2) is 0 Å². The Hall–Kier alpha value is -2.39. The molecule has 27 heavy (non-hydrogen) atoms. The summed E-state index contributed by atoms with van der Waals surface area (Å²) in [6.45, 7) is 5.08. The summed E-state index contributed by atoms with van der Waals surface area (Å²) < 4.78 is 0.971. The monoisotopic (exact) mass is 419 g/mol. The van der Waals surface area contributed by atoms with Crippen molar-refractivity contribution in [1.82, 2.24) is 5.32 Å². The van der Waals surface area contributed by atoms with Crippen LogP contribution >= 0.6 is 15.9 Å². The lowest BCUT2D eigenvalue weighted by atomic mass is 9.73. The number of benzene rings is 3. The van der Waals surface area contributed by atoms with Gasteiger partial charge in [-0.2, -0.15) is 0 Å². The normalized spacial score (nSPS) is 13.1. The third-order valence-electron chi connectivity index (χ3n) is 5.43. The summed E-state index contributed by atoms with van der Waals surface area (Å²) in [5.74, 6) is 0.227. The predicted octanol–water partition coefficient (Wildman–Crippen LogP) is 6.02. The van der Waals surface area contributed by atoms with Crippen LogP contribution in [0.4, 0.5) is 0 Å². The zero-order valence-electron chi connectivity index (χ0n) is 15.5. The van der Waals surface area contributed by atoms with Crippen molar-refractivity contribution >= 4 is 21.8 Å². The molecule has 1 amide bonds. The number of nitrogens with one attached hydrogen (secondary N) is 1. The number of hydrogen-bond donors (Lipinski definition) is 1. The SMILES string of the molecule is CC(C)(CNC(=O)c1ccc(Br)cc1)C1c2ccccc2-c2ccccc21. The molecule has 0 atom stereocenters. The van der Waals surface area contributed by atoms with E-state index in [9.17, 15) is 4.79 Å². The average molecular weight is 420 g/mol. The summed E-state index contributed by atoms with van der Waals surface area (Å²) in [6, 6.07) is 24.7. The molecule has 0 heterocycles. The topological polar surface area (TPSA) is 29.1 Å². The van der Waals surface area contributed by atoms with Gasteiger partial charge in [-0.15, -0.1) is 0 Å². The number of carbonyl (C=O) groups is 1. The minimum atomic E-state index is -0.117. The molecule has 136 valence electrons. The molecule has 0 aromatic heterocycles. The highest BCUT2D eigenvalue weighted by atomic mass is 79.9. The highest BCUT2D eigenvalue weighted by molar-refractivity contribution is 9.10. The maximum absolute atomic E-state index is 12.6. The first-order chi connectivity index (χ1) is 13.0. The van der Waals surface area contributed by atoms with E-state index < -0.39 is 0 Å². The van der Waals surface area contributed by atoms with Gasteiger partial charge in [-0.1, -0.05) is 78.3 Å². The Morgan fingerprint density at radius 1 is 0.889 bits per heavy atom. The number of hydrogen-bond acceptors (Lipinski definition) is 1. The first-order valence-electron chi connectivity index (χ1n) is 9.19. The summed E-state index contributed by atoms with van der Waals surface area (Å²) in [6.07, 6.45) is 0. The van der Waals surface area contributed by atoms with E-state index in [1.807, 2.05) is 24.3 Å². The van der Waals surface area contributed by atoms with E-state index in [2.05, 4.69) is 83.6 Å². The molecule has 0 aliphatic heterocycles. The lowest BCUT2D eigenvalue weighted by Crippen LogP contribution is -2.37. The molecule has 3 aromatic carbocycles. The van der Waals surface area contributed by atoms with Gasteiger partial charge >= 0.3 is 0 Å². The fourth-order valence-electron chi connectivity index (χ4n) is 4.11. The second kappa shape index (κ2) is 6.97. The molecule has 3 aromatic rings. The van der Waals surface area contributed by atoms with Crippen molar-refractivity contribution < 1.29 is 4.79 Å². The van der Waals surface area contributed by atoms with Gasteiger partial charge in [-0.05, 0) is 51.9 Å². The maximum atomic E-state index is 12.6. The maximum Gasteiger partial charge on any atom is 0.251 e. The Bertz CT molecular complexity index is 946. The molecular formula is C24H22BrNO. The van der Waals surface area contributed by atoms with Gasteiger partial charge < -0.3 is 5.32 Å². The van der Waals surface area contributed by atoms with Crippen molar-refractivity contribution in [3.63, 3.8) is 0 Å². The van der Waals surface area contributed by atoms with Crippen molar-refractivity contribution in [1.29, 1.82) is 0 Å². The lowest BCUT2D eigenvalue weighted by molar-refractivity contribution is 0.0933. The van der Waals surface area contributed by atoms with E-state index in [4.69, 9.17) is 0 Å². The molecule has 2 nitrogen and oxygen atoms in total. The van der Waals surface area contributed by atoms with E-state index in [0.717, 1.165) is 4.47 Å². The van der Waals surface area contributed by atoms with Crippen molar-refractivity contribution in [3.05, 3.63) is 94.0 Å². The Kier molecular flexibility index (Phi) is 4.65. The van der Waals surface area contributed by atoms with Gasteiger partial charge in [0.1, 0.15) is 0 Å². The minimum Gasteiger partial charge on any atom is -0.351 e. The number of halogens is 1. The quantitative estimate of drug-likeness (QED) is 0.550. The van der Waals surface area contributed by atoms with E-state index in [0.29, 0.717) is 12.1 Å². The lowest BCUT2D eigenvalue weighted by Gasteiger charge is -2.33. The van der Waals surface area contributed by atoms with Crippen LogP contribution in [0.2, 0.25) is 0 Å². The van der Waals surface area contributed by atoms with Gasteiger partial charge in [0.2, 0.25) is 0 Å². The standard InChI is InChI=1S/C24H22BrNO/c1-24(2,15-26-23(27)16-11-13-17(25)14-12-16)22-20-9-5-3-7-18(20)19-8-4-6-10-21(19)22/h3-14,22H,15H2,1-2H3,(H,26,27). The zero-order valence-corrected chi connectivity index (χ0v) is 17.1. The Balaban J connectivity index is 1.60. The first-order valence-corrected chi connectivity index (χ1v) is 9.99. The van der Waals surface area contributed by atoms with E-state index in [1.165, 1.54) is 22.3 Å². The number of fused-ring (bicyclic) bond motifs is 3. The van der Waals surface area contributed by atoms with Gasteiger partial charge in [0.15, 0.2) is 0 Å². The number of amides is 1. The molecule has 0 saturated heterocycles. The molecular weight excluding hydrogens is 398 g/mol. The van der Waals surface area contributed by atoms with Crippen LogP contribution in [-0.4, -0.2) is 12.5 Å². The summed E-state index contributed by atoms with van der Waals surface area (Å²) in [5.41, 5.74) is 5.88. The van der Waals surface area contributed by atoms with Gasteiger partial charge in [0.05, 0.1) is 0 Å². The molecule has 1 aliphatic rings. The molecule has 1 aliphatic carbocycles.